The van der Waals surface area contributed by atoms with Crippen LogP contribution < -0.4 is 20.2 Å². The van der Waals surface area contributed by atoms with E-state index in [0.717, 1.165) is 18.4 Å². The predicted octanol–water partition coefficient (Wildman–Crippen LogP) is 3.78. The van der Waals surface area contributed by atoms with Crippen LogP contribution in [0.2, 0.25) is 0 Å². The first kappa shape index (κ1) is 49.0. The fourth-order valence-electron chi connectivity index (χ4n) is 3.52. The Morgan fingerprint density at radius 3 is 1.93 bits per heavy atom. The summed E-state index contributed by atoms with van der Waals surface area (Å²) in [5.41, 5.74) is 0.512. The summed E-state index contributed by atoms with van der Waals surface area (Å²) in [4.78, 5) is 14.5. The number of rotatable bonds is 13. The van der Waals surface area contributed by atoms with Gasteiger partial charge in [0.15, 0.2) is 0 Å². The van der Waals surface area contributed by atoms with Crippen LogP contribution >= 0.6 is 7.44 Å². The van der Waals surface area contributed by atoms with Crippen molar-refractivity contribution in [2.45, 2.75) is 73.6 Å². The van der Waals surface area contributed by atoms with Gasteiger partial charge in [-0.05, 0) is 39.8 Å². The van der Waals surface area contributed by atoms with Crippen LogP contribution in [0.25, 0.3) is 0 Å². The Bertz CT molecular complexity index is 909. The van der Waals surface area contributed by atoms with Gasteiger partial charge in [-0.3, -0.25) is 24.3 Å². The molecule has 0 radical (unpaired) electrons. The van der Waals surface area contributed by atoms with Crippen LogP contribution in [0, 0.1) is 19.3 Å². The maximum atomic E-state index is 12.3. The Morgan fingerprint density at radius 1 is 1.12 bits per heavy atom. The van der Waals surface area contributed by atoms with Gasteiger partial charge in [0.05, 0.1) is 18.4 Å². The number of hydrogen-bond donors (Lipinski definition) is 4. The first-order valence-corrected chi connectivity index (χ1v) is 15.6. The van der Waals surface area contributed by atoms with Gasteiger partial charge in [-0.1, -0.05) is 48.8 Å². The molecule has 1 aliphatic rings. The number of amides is 1. The molecule has 0 aliphatic carbocycles. The van der Waals surface area contributed by atoms with Crippen molar-refractivity contribution in [3.8, 4) is 0 Å². The molecular weight excluding hydrogens is 725 g/mol. The van der Waals surface area contributed by atoms with E-state index in [4.69, 9.17) is 9.47 Å². The molecule has 242 valence electrons. The number of allylic oxidation sites excluding steroid dienone is 1. The first-order valence-electron chi connectivity index (χ1n) is 11.8. The van der Waals surface area contributed by atoms with Crippen LogP contribution in [0.3, 0.4) is 0 Å². The average molecular weight is 785 g/mol. The minimum Gasteiger partial charge on any atom is -0.380 e. The van der Waals surface area contributed by atoms with Crippen LogP contribution in [-0.2, 0) is 49.9 Å². The smallest absolute Gasteiger partial charge is 0.258 e. The van der Waals surface area contributed by atoms with E-state index < -0.39 is 28.9 Å². The zero-order valence-corrected chi connectivity index (χ0v) is 29.6. The molecular formula is C26H59N5O6PSW-. The summed E-state index contributed by atoms with van der Waals surface area (Å²) in [6.07, 6.45) is 1.93. The minimum atomic E-state index is -3.63. The Kier molecular flexibility index (Phi) is 25.7. The Labute approximate surface area is 260 Å². The normalized spacial score (nSPS) is 17.4. The number of methoxy groups -OCH3 is 2. The van der Waals surface area contributed by atoms with Crippen molar-refractivity contribution in [1.82, 2.24) is 25.1 Å². The molecule has 3 unspecified atom stereocenters. The molecule has 1 heterocycles. The van der Waals surface area contributed by atoms with Crippen LogP contribution in [0.4, 0.5) is 0 Å². The van der Waals surface area contributed by atoms with E-state index >= 15 is 0 Å². The van der Waals surface area contributed by atoms with Crippen LogP contribution in [0.5, 0.6) is 0 Å². The summed E-state index contributed by atoms with van der Waals surface area (Å²) >= 11 is 0. The van der Waals surface area contributed by atoms with Gasteiger partial charge in [-0.2, -0.15) is 0 Å². The average Bonchev–Trinajstić information content (AvgIpc) is 3.22. The van der Waals surface area contributed by atoms with E-state index in [0.29, 0.717) is 18.2 Å². The maximum absolute atomic E-state index is 12.3. The van der Waals surface area contributed by atoms with Gasteiger partial charge in [0.1, 0.15) is 11.9 Å². The second-order valence-electron chi connectivity index (χ2n) is 9.87. The predicted molar refractivity (Wildman–Crippen MR) is 166 cm³/mol. The zero-order valence-electron chi connectivity index (χ0n) is 25.0. The van der Waals surface area contributed by atoms with Gasteiger partial charge in [-0.15, -0.1) is 0 Å². The molecule has 11 nitrogen and oxygen atoms in total. The summed E-state index contributed by atoms with van der Waals surface area (Å²) in [5, 5.41) is 8.41. The Balaban J connectivity index is -0.000000272. The monoisotopic (exact) mass is 784 g/mol. The standard InChI is InChI=1S/C19H35N3O4S.C4H13N2O2P.2CH4.CH3.W/c1-12(2)13(3)15(5)22-11-16(26-8)10-17(22)14(4)20-19(6,7)18(23)21-27(9,24)25;1-5-9(7,6-2)4-8-3;;;;/h12-13,16-17,20H,4-5,10-11H2,1-3,6-9H3,(H,21,23);4H2,1-3H3,(H2,5,6,7);2*1H4;1H3;/q;;;;-1;. The second kappa shape index (κ2) is 21.0. The molecule has 14 heteroatoms. The van der Waals surface area contributed by atoms with Crippen LogP contribution in [0.15, 0.2) is 24.6 Å². The molecule has 0 spiro atoms. The molecule has 0 aromatic heterocycles. The molecule has 4 N–H and O–H groups in total. The summed E-state index contributed by atoms with van der Waals surface area (Å²) in [6, 6.07) is -0.0889. The number of sulfonamides is 1. The van der Waals surface area contributed by atoms with Crippen LogP contribution in [0.1, 0.15) is 55.9 Å². The third-order valence-electron chi connectivity index (χ3n) is 6.24. The van der Waals surface area contributed by atoms with Crippen molar-refractivity contribution in [2.75, 3.05) is 47.5 Å². The van der Waals surface area contributed by atoms with E-state index in [1.54, 1.807) is 35.1 Å². The fourth-order valence-corrected chi connectivity index (χ4v) is 4.96. The number of carbonyl (C=O) groups excluding carboxylic acids is 1. The number of carbonyl (C=O) groups is 1. The van der Waals surface area contributed by atoms with E-state index in [9.17, 15) is 17.8 Å². The quantitative estimate of drug-likeness (QED) is 0.161. The largest absolute Gasteiger partial charge is 0.380 e. The summed E-state index contributed by atoms with van der Waals surface area (Å²) in [6.45, 7) is 18.8. The molecule has 0 aromatic carbocycles. The molecule has 0 bridgehead atoms. The summed E-state index contributed by atoms with van der Waals surface area (Å²) < 4.78 is 46.2. The molecule has 1 amide bonds. The van der Waals surface area contributed by atoms with Gasteiger partial charge >= 0.3 is 0 Å². The molecule has 3 atom stereocenters. The van der Waals surface area contributed by atoms with Crippen molar-refractivity contribution in [3.63, 3.8) is 0 Å². The van der Waals surface area contributed by atoms with E-state index in [1.165, 1.54) is 7.11 Å². The topological polar surface area (TPSA) is 138 Å². The minimum absolute atomic E-state index is 0. The number of likely N-dealkylation sites (tertiary alicyclic amines) is 1. The van der Waals surface area contributed by atoms with Crippen molar-refractivity contribution in [1.29, 1.82) is 0 Å². The molecule has 0 aromatic rings. The number of hydrogen-bond acceptors (Lipinski definition) is 8. The fraction of sp³-hybridized carbons (Fsp3) is 0.769. The molecule has 1 saturated heterocycles. The molecule has 1 rings (SSSR count). The second-order valence-corrected chi connectivity index (χ2v) is 14.2. The van der Waals surface area contributed by atoms with Gasteiger partial charge in [0.2, 0.25) is 17.5 Å². The number of nitrogens with one attached hydrogen (secondary N) is 4. The molecule has 1 fully saturated rings. The summed E-state index contributed by atoms with van der Waals surface area (Å²) in [5.74, 6) is 0.101. The number of nitrogens with zero attached hydrogens (tertiary/aromatic N) is 1. The van der Waals surface area contributed by atoms with E-state index in [-0.39, 0.29) is 67.8 Å². The van der Waals surface area contributed by atoms with Crippen molar-refractivity contribution in [2.24, 2.45) is 11.8 Å². The van der Waals surface area contributed by atoms with Gasteiger partial charge < -0.3 is 27.1 Å². The Morgan fingerprint density at radius 2 is 1.60 bits per heavy atom. The third kappa shape index (κ3) is 16.0. The van der Waals surface area contributed by atoms with Crippen molar-refractivity contribution < 1.29 is 48.3 Å². The zero-order chi connectivity index (χ0) is 28.5. The van der Waals surface area contributed by atoms with Gasteiger partial charge in [0, 0.05) is 59.6 Å². The van der Waals surface area contributed by atoms with Gasteiger partial charge in [-0.25, -0.2) is 8.42 Å². The van der Waals surface area contributed by atoms with Gasteiger partial charge in [0.25, 0.3) is 5.91 Å². The van der Waals surface area contributed by atoms with E-state index in [1.807, 2.05) is 4.72 Å². The SMILES string of the molecule is C.C.C=C(NC(C)(C)C(=O)NS(C)(=O)=O)C1CC(OC)CN1C(=C)C(C)C(C)C.CNP(=O)(COC)NC.[CH3-].[W]. The summed E-state index contributed by atoms with van der Waals surface area (Å²) in [7, 11) is 0.430. The maximum Gasteiger partial charge on any atom is 0.258 e. The number of ether oxygens (including phenoxy) is 2. The van der Waals surface area contributed by atoms with E-state index in [2.05, 4.69) is 54.3 Å². The molecule has 0 saturated carbocycles. The van der Waals surface area contributed by atoms with Crippen LogP contribution in [-0.4, -0.2) is 84.4 Å². The van der Waals surface area contributed by atoms with Crippen molar-refractivity contribution >= 4 is 23.4 Å². The van der Waals surface area contributed by atoms with Crippen molar-refractivity contribution in [3.05, 3.63) is 32.0 Å². The molecule has 1 aliphatic heterocycles. The Hall–Kier alpha value is -0.742. The first-order chi connectivity index (χ1) is 16.4. The molecule has 40 heavy (non-hydrogen) atoms. The third-order valence-corrected chi connectivity index (χ3v) is 8.87.